The molecule has 0 saturated carbocycles. The number of rotatable bonds is 9. The summed E-state index contributed by atoms with van der Waals surface area (Å²) >= 11 is 0. The maximum absolute atomic E-state index is 12.0. The molecule has 0 aliphatic heterocycles. The Morgan fingerprint density at radius 1 is 1.30 bits per heavy atom. The van der Waals surface area contributed by atoms with Crippen LogP contribution in [0, 0.1) is 0 Å². The van der Waals surface area contributed by atoms with Gasteiger partial charge in [0.1, 0.15) is 5.75 Å². The number of aliphatic carboxylic acids is 1. The van der Waals surface area contributed by atoms with Gasteiger partial charge in [0.15, 0.2) is 0 Å². The highest BCUT2D eigenvalue weighted by Crippen LogP contribution is 2.16. The summed E-state index contributed by atoms with van der Waals surface area (Å²) in [4.78, 5) is 10.5. The largest absolute Gasteiger partial charge is 0.497 e. The molecule has 0 aromatic heterocycles. The molecule has 0 fully saturated rings. The Morgan fingerprint density at radius 2 is 2.05 bits per heavy atom. The average Bonchev–Trinajstić information content (AvgIpc) is 2.42. The summed E-state index contributed by atoms with van der Waals surface area (Å²) in [6, 6.07) is 6.23. The second-order valence-electron chi connectivity index (χ2n) is 4.28. The number of carbonyl (C=O) groups is 1. The molecule has 2 N–H and O–H groups in total. The van der Waals surface area contributed by atoms with Crippen LogP contribution in [0.3, 0.4) is 0 Å². The van der Waals surface area contributed by atoms with Gasteiger partial charge in [0.05, 0.1) is 12.0 Å². The summed E-state index contributed by atoms with van der Waals surface area (Å²) < 4.78 is 31.4. The van der Waals surface area contributed by atoms with Gasteiger partial charge in [-0.3, -0.25) is 4.79 Å². The fourth-order valence-corrected chi connectivity index (χ4v) is 2.74. The molecule has 0 aliphatic carbocycles. The molecule has 0 radical (unpaired) electrons. The second kappa shape index (κ2) is 7.86. The first kappa shape index (κ1) is 16.5. The molecule has 0 bridgehead atoms. The zero-order valence-electron chi connectivity index (χ0n) is 11.3. The van der Waals surface area contributed by atoms with E-state index in [1.165, 1.54) is 19.2 Å². The quantitative estimate of drug-likeness (QED) is 0.676. The molecule has 7 heteroatoms. The number of sulfonamides is 1. The molecule has 0 saturated heterocycles. The van der Waals surface area contributed by atoms with Crippen LogP contribution in [0.25, 0.3) is 0 Å². The monoisotopic (exact) mass is 301 g/mol. The van der Waals surface area contributed by atoms with E-state index in [1.54, 1.807) is 12.1 Å². The number of nitrogens with one attached hydrogen (secondary N) is 1. The lowest BCUT2D eigenvalue weighted by atomic mass is 10.2. The van der Waals surface area contributed by atoms with Crippen molar-refractivity contribution < 1.29 is 23.1 Å². The first-order valence-corrected chi connectivity index (χ1v) is 7.79. The van der Waals surface area contributed by atoms with Crippen LogP contribution in [-0.2, 0) is 14.8 Å². The second-order valence-corrected chi connectivity index (χ2v) is 6.05. The van der Waals surface area contributed by atoms with Crippen LogP contribution in [0.15, 0.2) is 29.2 Å². The average molecular weight is 301 g/mol. The van der Waals surface area contributed by atoms with Crippen molar-refractivity contribution >= 4 is 16.0 Å². The first-order chi connectivity index (χ1) is 9.45. The Kier molecular flexibility index (Phi) is 6.47. The van der Waals surface area contributed by atoms with Crippen LogP contribution in [0.4, 0.5) is 0 Å². The fraction of sp³-hybridized carbons (Fsp3) is 0.462. The van der Waals surface area contributed by atoms with Crippen LogP contribution >= 0.6 is 0 Å². The van der Waals surface area contributed by atoms with Crippen LogP contribution < -0.4 is 9.46 Å². The lowest BCUT2D eigenvalue weighted by Gasteiger charge is -2.07. The number of ether oxygens (including phenoxy) is 1. The van der Waals surface area contributed by atoms with Crippen molar-refractivity contribution in [2.45, 2.75) is 30.6 Å². The highest BCUT2D eigenvalue weighted by Gasteiger charge is 2.13. The molecule has 0 amide bonds. The van der Waals surface area contributed by atoms with E-state index in [0.29, 0.717) is 31.6 Å². The van der Waals surface area contributed by atoms with Gasteiger partial charge in [-0.25, -0.2) is 13.1 Å². The number of methoxy groups -OCH3 is 1. The summed E-state index contributed by atoms with van der Waals surface area (Å²) in [5.74, 6) is -0.351. The Morgan fingerprint density at radius 3 is 2.70 bits per heavy atom. The summed E-state index contributed by atoms with van der Waals surface area (Å²) in [6.07, 6.45) is 1.95. The lowest BCUT2D eigenvalue weighted by Crippen LogP contribution is -2.24. The summed E-state index contributed by atoms with van der Waals surface area (Å²) in [6.45, 7) is 0.291. The minimum Gasteiger partial charge on any atom is -0.497 e. The fourth-order valence-electron chi connectivity index (χ4n) is 1.64. The number of hydrogen-bond acceptors (Lipinski definition) is 4. The molecular weight excluding hydrogens is 282 g/mol. The highest BCUT2D eigenvalue weighted by atomic mass is 32.2. The zero-order chi connectivity index (χ0) is 15.0. The van der Waals surface area contributed by atoms with Gasteiger partial charge in [-0.05, 0) is 25.0 Å². The van der Waals surface area contributed by atoms with Gasteiger partial charge in [-0.15, -0.1) is 0 Å². The topological polar surface area (TPSA) is 92.7 Å². The van der Waals surface area contributed by atoms with Crippen molar-refractivity contribution in [1.82, 2.24) is 4.72 Å². The molecule has 0 aliphatic rings. The minimum absolute atomic E-state index is 0.114. The number of carboxylic acids is 1. The molecule has 0 atom stereocenters. The van der Waals surface area contributed by atoms with Gasteiger partial charge in [0, 0.05) is 19.0 Å². The Balaban J connectivity index is 2.43. The maximum atomic E-state index is 12.0. The highest BCUT2D eigenvalue weighted by molar-refractivity contribution is 7.89. The SMILES string of the molecule is COc1cccc(S(=O)(=O)NCCCCCC(=O)O)c1. The number of benzene rings is 1. The minimum atomic E-state index is -3.54. The van der Waals surface area contributed by atoms with E-state index in [0.717, 1.165) is 0 Å². The molecule has 0 unspecified atom stereocenters. The van der Waals surface area contributed by atoms with Gasteiger partial charge in [0.25, 0.3) is 0 Å². The molecule has 112 valence electrons. The van der Waals surface area contributed by atoms with E-state index in [2.05, 4.69) is 4.72 Å². The van der Waals surface area contributed by atoms with Crippen molar-refractivity contribution in [2.75, 3.05) is 13.7 Å². The predicted octanol–water partition coefficient (Wildman–Crippen LogP) is 1.62. The standard InChI is InChI=1S/C13H19NO5S/c1-19-11-6-5-7-12(10-11)20(17,18)14-9-4-2-3-8-13(15)16/h5-7,10,14H,2-4,8-9H2,1H3,(H,15,16). The normalized spacial score (nSPS) is 11.2. The Labute approximate surface area is 118 Å². The molecule has 1 aromatic rings. The summed E-state index contributed by atoms with van der Waals surface area (Å²) in [7, 11) is -2.07. The first-order valence-electron chi connectivity index (χ1n) is 6.31. The molecule has 0 heterocycles. The Bertz CT molecular complexity index is 541. The third kappa shape index (κ3) is 5.58. The molecule has 20 heavy (non-hydrogen) atoms. The van der Waals surface area contributed by atoms with Gasteiger partial charge in [0.2, 0.25) is 10.0 Å². The molecular formula is C13H19NO5S. The smallest absolute Gasteiger partial charge is 0.303 e. The van der Waals surface area contributed by atoms with E-state index in [4.69, 9.17) is 9.84 Å². The zero-order valence-corrected chi connectivity index (χ0v) is 12.1. The summed E-state index contributed by atoms with van der Waals surface area (Å²) in [5, 5.41) is 8.47. The third-order valence-electron chi connectivity index (χ3n) is 2.71. The van der Waals surface area contributed by atoms with E-state index >= 15 is 0 Å². The maximum Gasteiger partial charge on any atom is 0.303 e. The lowest BCUT2D eigenvalue weighted by molar-refractivity contribution is -0.137. The van der Waals surface area contributed by atoms with Crippen LogP contribution in [0.2, 0.25) is 0 Å². The van der Waals surface area contributed by atoms with Gasteiger partial charge >= 0.3 is 5.97 Å². The molecule has 0 spiro atoms. The van der Waals surface area contributed by atoms with Crippen molar-refractivity contribution in [2.24, 2.45) is 0 Å². The van der Waals surface area contributed by atoms with Crippen LogP contribution in [0.5, 0.6) is 5.75 Å². The predicted molar refractivity (Wildman–Crippen MR) is 74.3 cm³/mol. The van der Waals surface area contributed by atoms with Crippen LogP contribution in [0.1, 0.15) is 25.7 Å². The van der Waals surface area contributed by atoms with Crippen molar-refractivity contribution in [3.8, 4) is 5.75 Å². The van der Waals surface area contributed by atoms with Gasteiger partial charge < -0.3 is 9.84 Å². The third-order valence-corrected chi connectivity index (χ3v) is 4.17. The summed E-state index contributed by atoms with van der Waals surface area (Å²) in [5.41, 5.74) is 0. The van der Waals surface area contributed by atoms with Gasteiger partial charge in [-0.1, -0.05) is 12.5 Å². The Hall–Kier alpha value is -1.60. The van der Waals surface area contributed by atoms with Gasteiger partial charge in [-0.2, -0.15) is 0 Å². The molecule has 6 nitrogen and oxygen atoms in total. The van der Waals surface area contributed by atoms with E-state index < -0.39 is 16.0 Å². The molecule has 1 aromatic carbocycles. The van der Waals surface area contributed by atoms with Crippen molar-refractivity contribution in [3.05, 3.63) is 24.3 Å². The van der Waals surface area contributed by atoms with Crippen molar-refractivity contribution in [1.29, 1.82) is 0 Å². The van der Waals surface area contributed by atoms with E-state index in [9.17, 15) is 13.2 Å². The van der Waals surface area contributed by atoms with E-state index in [-0.39, 0.29) is 11.3 Å². The number of hydrogen-bond donors (Lipinski definition) is 2. The van der Waals surface area contributed by atoms with E-state index in [1.807, 2.05) is 0 Å². The van der Waals surface area contributed by atoms with Crippen molar-refractivity contribution in [3.63, 3.8) is 0 Å². The molecule has 1 rings (SSSR count). The van der Waals surface area contributed by atoms with Crippen LogP contribution in [-0.4, -0.2) is 33.1 Å². The number of carboxylic acid groups (broad SMARTS) is 1. The number of unbranched alkanes of at least 4 members (excludes halogenated alkanes) is 2.